The fourth-order valence-corrected chi connectivity index (χ4v) is 1.52. The van der Waals surface area contributed by atoms with Crippen LogP contribution in [0.3, 0.4) is 0 Å². The first-order valence-corrected chi connectivity index (χ1v) is 5.91. The zero-order chi connectivity index (χ0) is 14.6. The van der Waals surface area contributed by atoms with E-state index in [9.17, 15) is 9.59 Å². The number of aromatic nitrogens is 1. The Labute approximate surface area is 112 Å². The second-order valence-corrected chi connectivity index (χ2v) is 4.70. The van der Waals surface area contributed by atoms with Crippen molar-refractivity contribution in [2.24, 2.45) is 0 Å². The number of carboxylic acid groups (broad SMARTS) is 1. The second-order valence-electron chi connectivity index (χ2n) is 4.70. The number of hydrogen-bond donors (Lipinski definition) is 3. The van der Waals surface area contributed by atoms with Crippen LogP contribution in [0.15, 0.2) is 6.07 Å². The SMILES string of the molecule is Cc1cc(NC(=O)N(C)CCN(C)C)c(C(=O)O)[nH]1. The zero-order valence-corrected chi connectivity index (χ0v) is 11.6. The Hall–Kier alpha value is -2.02. The van der Waals surface area contributed by atoms with Gasteiger partial charge in [0.1, 0.15) is 5.69 Å². The Bertz CT molecular complexity index is 468. The van der Waals surface area contributed by atoms with Crippen molar-refractivity contribution in [3.05, 3.63) is 17.5 Å². The maximum Gasteiger partial charge on any atom is 0.354 e. The van der Waals surface area contributed by atoms with Gasteiger partial charge in [-0.3, -0.25) is 0 Å². The van der Waals surface area contributed by atoms with Gasteiger partial charge in [-0.2, -0.15) is 0 Å². The number of amides is 2. The van der Waals surface area contributed by atoms with E-state index in [4.69, 9.17) is 5.11 Å². The standard InChI is InChI=1S/C12H20N4O3/c1-8-7-9(10(13-8)11(17)18)14-12(19)16(4)6-5-15(2)3/h7,13H,5-6H2,1-4H3,(H,14,19)(H,17,18). The number of rotatable bonds is 5. The third-order valence-electron chi connectivity index (χ3n) is 2.64. The number of aryl methyl sites for hydroxylation is 1. The Balaban J connectivity index is 2.68. The lowest BCUT2D eigenvalue weighted by Gasteiger charge is -2.20. The summed E-state index contributed by atoms with van der Waals surface area (Å²) < 4.78 is 0. The van der Waals surface area contributed by atoms with Crippen LogP contribution in [0, 0.1) is 6.92 Å². The lowest BCUT2D eigenvalue weighted by molar-refractivity contribution is 0.0692. The monoisotopic (exact) mass is 268 g/mol. The summed E-state index contributed by atoms with van der Waals surface area (Å²) in [5.41, 5.74) is 0.960. The number of anilines is 1. The number of nitrogens with zero attached hydrogens (tertiary/aromatic N) is 2. The molecule has 1 heterocycles. The van der Waals surface area contributed by atoms with Crippen molar-refractivity contribution in [3.8, 4) is 0 Å². The maximum atomic E-state index is 11.9. The molecule has 0 aliphatic heterocycles. The van der Waals surface area contributed by atoms with E-state index >= 15 is 0 Å². The van der Waals surface area contributed by atoms with Crippen molar-refractivity contribution in [1.29, 1.82) is 0 Å². The van der Waals surface area contributed by atoms with E-state index in [1.807, 2.05) is 19.0 Å². The van der Waals surface area contributed by atoms with E-state index < -0.39 is 5.97 Å². The molecular weight excluding hydrogens is 248 g/mol. The van der Waals surface area contributed by atoms with Crippen LogP contribution in [0.2, 0.25) is 0 Å². The summed E-state index contributed by atoms with van der Waals surface area (Å²) in [6, 6.07) is 1.27. The molecule has 0 saturated carbocycles. The largest absolute Gasteiger partial charge is 0.477 e. The molecule has 19 heavy (non-hydrogen) atoms. The predicted molar refractivity (Wildman–Crippen MR) is 72.7 cm³/mol. The van der Waals surface area contributed by atoms with Crippen LogP contribution in [-0.2, 0) is 0 Å². The van der Waals surface area contributed by atoms with E-state index in [2.05, 4.69) is 10.3 Å². The van der Waals surface area contributed by atoms with Crippen LogP contribution in [0.25, 0.3) is 0 Å². The Morgan fingerprint density at radius 2 is 1.95 bits per heavy atom. The highest BCUT2D eigenvalue weighted by Crippen LogP contribution is 2.17. The summed E-state index contributed by atoms with van der Waals surface area (Å²) in [6.45, 7) is 3.03. The smallest absolute Gasteiger partial charge is 0.354 e. The first-order chi connectivity index (χ1) is 8.81. The van der Waals surface area contributed by atoms with Crippen molar-refractivity contribution in [2.45, 2.75) is 6.92 Å². The molecule has 7 nitrogen and oxygen atoms in total. The average Bonchev–Trinajstić information content (AvgIpc) is 2.67. The highest BCUT2D eigenvalue weighted by atomic mass is 16.4. The molecule has 0 atom stereocenters. The summed E-state index contributed by atoms with van der Waals surface area (Å²) in [5.74, 6) is -1.10. The van der Waals surface area contributed by atoms with Gasteiger partial charge in [0.2, 0.25) is 0 Å². The molecule has 0 saturated heterocycles. The molecule has 2 amide bonds. The summed E-state index contributed by atoms with van der Waals surface area (Å²) in [5, 5.41) is 11.6. The van der Waals surface area contributed by atoms with Gasteiger partial charge in [-0.1, -0.05) is 0 Å². The van der Waals surface area contributed by atoms with Gasteiger partial charge >= 0.3 is 12.0 Å². The maximum absolute atomic E-state index is 11.9. The van der Waals surface area contributed by atoms with Crippen molar-refractivity contribution >= 4 is 17.7 Å². The molecule has 7 heteroatoms. The molecule has 0 aromatic carbocycles. The summed E-state index contributed by atoms with van der Waals surface area (Å²) in [7, 11) is 5.51. The van der Waals surface area contributed by atoms with Gasteiger partial charge < -0.3 is 25.2 Å². The van der Waals surface area contributed by atoms with E-state index in [1.54, 1.807) is 20.0 Å². The first kappa shape index (κ1) is 15.0. The molecule has 0 fully saturated rings. The molecule has 0 aliphatic rings. The molecule has 1 aromatic rings. The molecule has 0 radical (unpaired) electrons. The Morgan fingerprint density at radius 1 is 1.32 bits per heavy atom. The highest BCUT2D eigenvalue weighted by Gasteiger charge is 2.17. The third kappa shape index (κ3) is 4.29. The van der Waals surface area contributed by atoms with Gasteiger partial charge in [0.15, 0.2) is 0 Å². The van der Waals surface area contributed by atoms with Gasteiger partial charge in [-0.25, -0.2) is 9.59 Å². The molecule has 1 rings (SSSR count). The normalized spacial score (nSPS) is 10.6. The van der Waals surface area contributed by atoms with Crippen LogP contribution in [0.5, 0.6) is 0 Å². The lowest BCUT2D eigenvalue weighted by Crippen LogP contribution is -2.36. The molecule has 0 aliphatic carbocycles. The van der Waals surface area contributed by atoms with Crippen LogP contribution < -0.4 is 5.32 Å². The van der Waals surface area contributed by atoms with Gasteiger partial charge in [-0.05, 0) is 27.1 Å². The number of carbonyl (C=O) groups excluding carboxylic acids is 1. The van der Waals surface area contributed by atoms with E-state index in [1.165, 1.54) is 4.90 Å². The molecule has 3 N–H and O–H groups in total. The van der Waals surface area contributed by atoms with E-state index in [-0.39, 0.29) is 17.4 Å². The average molecular weight is 268 g/mol. The van der Waals surface area contributed by atoms with Crippen LogP contribution >= 0.6 is 0 Å². The van der Waals surface area contributed by atoms with Gasteiger partial charge in [0.05, 0.1) is 5.69 Å². The highest BCUT2D eigenvalue weighted by molar-refractivity contribution is 5.99. The molecule has 0 spiro atoms. The van der Waals surface area contributed by atoms with Crippen LogP contribution in [0.4, 0.5) is 10.5 Å². The fourth-order valence-electron chi connectivity index (χ4n) is 1.52. The molecule has 106 valence electrons. The second kappa shape index (κ2) is 6.24. The minimum absolute atomic E-state index is 0.00754. The van der Waals surface area contributed by atoms with Gasteiger partial charge in [0.25, 0.3) is 0 Å². The number of carbonyl (C=O) groups is 2. The summed E-state index contributed by atoms with van der Waals surface area (Å²) >= 11 is 0. The summed E-state index contributed by atoms with van der Waals surface area (Å²) in [6.07, 6.45) is 0. The van der Waals surface area contributed by atoms with Crippen molar-refractivity contribution in [3.63, 3.8) is 0 Å². The number of aromatic carboxylic acids is 1. The van der Waals surface area contributed by atoms with Gasteiger partial charge in [-0.15, -0.1) is 0 Å². The molecular formula is C12H20N4O3. The lowest BCUT2D eigenvalue weighted by atomic mass is 10.3. The number of aromatic amines is 1. The molecule has 0 bridgehead atoms. The number of hydrogen-bond acceptors (Lipinski definition) is 3. The Morgan fingerprint density at radius 3 is 2.47 bits per heavy atom. The molecule has 0 unspecified atom stereocenters. The fraction of sp³-hybridized carbons (Fsp3) is 0.500. The third-order valence-corrected chi connectivity index (χ3v) is 2.64. The quantitative estimate of drug-likeness (QED) is 0.744. The van der Waals surface area contributed by atoms with Gasteiger partial charge in [0, 0.05) is 25.8 Å². The number of likely N-dealkylation sites (N-methyl/N-ethyl adjacent to an activating group) is 2. The van der Waals surface area contributed by atoms with Crippen molar-refractivity contribution < 1.29 is 14.7 Å². The predicted octanol–water partition coefficient (Wildman–Crippen LogP) is 1.05. The molecule has 1 aromatic heterocycles. The van der Waals surface area contributed by atoms with E-state index in [0.717, 1.165) is 6.54 Å². The summed E-state index contributed by atoms with van der Waals surface area (Å²) in [4.78, 5) is 29.1. The van der Waals surface area contributed by atoms with Crippen LogP contribution in [0.1, 0.15) is 16.2 Å². The topological polar surface area (TPSA) is 88.7 Å². The number of nitrogens with one attached hydrogen (secondary N) is 2. The van der Waals surface area contributed by atoms with E-state index in [0.29, 0.717) is 12.2 Å². The minimum Gasteiger partial charge on any atom is -0.477 e. The first-order valence-electron chi connectivity index (χ1n) is 5.91. The number of urea groups is 1. The minimum atomic E-state index is -1.10. The number of H-pyrrole nitrogens is 1. The zero-order valence-electron chi connectivity index (χ0n) is 11.6. The number of carboxylic acids is 1. The van der Waals surface area contributed by atoms with Crippen molar-refractivity contribution in [2.75, 3.05) is 39.5 Å². The van der Waals surface area contributed by atoms with Crippen molar-refractivity contribution in [1.82, 2.24) is 14.8 Å². The van der Waals surface area contributed by atoms with Crippen LogP contribution in [-0.4, -0.2) is 66.1 Å². The Kier molecular flexibility index (Phi) is 4.94.